The van der Waals surface area contributed by atoms with Crippen LogP contribution in [0.15, 0.2) is 18.3 Å². The normalized spacial score (nSPS) is 16.7. The number of carbonyl (C=O) groups excluding carboxylic acids is 2. The molecule has 0 aromatic carbocycles. The maximum atomic E-state index is 11.9. The fourth-order valence-corrected chi connectivity index (χ4v) is 2.28. The number of halogens is 1. The zero-order valence-electron chi connectivity index (χ0n) is 11.3. The first kappa shape index (κ1) is 14.8. The molecule has 20 heavy (non-hydrogen) atoms. The van der Waals surface area contributed by atoms with Crippen LogP contribution in [0.1, 0.15) is 43.0 Å². The van der Waals surface area contributed by atoms with E-state index in [1.54, 1.807) is 6.92 Å². The van der Waals surface area contributed by atoms with E-state index in [4.69, 9.17) is 16.3 Å². The topological polar surface area (TPSA) is 68.3 Å². The maximum Gasteiger partial charge on any atom is 0.340 e. The Hall–Kier alpha value is -1.62. The summed E-state index contributed by atoms with van der Waals surface area (Å²) in [7, 11) is 0. The Morgan fingerprint density at radius 3 is 2.70 bits per heavy atom. The van der Waals surface area contributed by atoms with E-state index in [9.17, 15) is 9.59 Å². The van der Waals surface area contributed by atoms with Gasteiger partial charge in [0.05, 0.1) is 5.56 Å². The van der Waals surface area contributed by atoms with E-state index in [0.717, 1.165) is 25.7 Å². The van der Waals surface area contributed by atoms with Crippen LogP contribution in [0.5, 0.6) is 0 Å². The number of nitrogens with zero attached hydrogens (tertiary/aromatic N) is 1. The van der Waals surface area contributed by atoms with Crippen LogP contribution in [0.25, 0.3) is 0 Å². The highest BCUT2D eigenvalue weighted by atomic mass is 35.5. The molecule has 5 nitrogen and oxygen atoms in total. The number of amides is 1. The number of rotatable bonds is 4. The summed E-state index contributed by atoms with van der Waals surface area (Å²) in [6, 6.07) is 3.22. The van der Waals surface area contributed by atoms with Crippen LogP contribution >= 0.6 is 11.6 Å². The van der Waals surface area contributed by atoms with E-state index in [0.29, 0.717) is 5.15 Å². The second-order valence-electron chi connectivity index (χ2n) is 4.91. The van der Waals surface area contributed by atoms with Gasteiger partial charge in [-0.25, -0.2) is 9.78 Å². The molecule has 0 aliphatic heterocycles. The number of nitrogens with one attached hydrogen (secondary N) is 1. The highest BCUT2D eigenvalue weighted by Crippen LogP contribution is 2.18. The van der Waals surface area contributed by atoms with Gasteiger partial charge in [-0.1, -0.05) is 24.4 Å². The van der Waals surface area contributed by atoms with Gasteiger partial charge in [-0.05, 0) is 31.9 Å². The third-order valence-electron chi connectivity index (χ3n) is 3.32. The van der Waals surface area contributed by atoms with Crippen molar-refractivity contribution in [1.82, 2.24) is 10.3 Å². The SMILES string of the molecule is C[C@@H](OC(=O)c1ccc(Cl)nc1)C(=O)NC1CCCC1. The first-order valence-electron chi connectivity index (χ1n) is 6.69. The molecule has 0 radical (unpaired) electrons. The number of ether oxygens (including phenoxy) is 1. The average molecular weight is 297 g/mol. The Morgan fingerprint density at radius 2 is 2.10 bits per heavy atom. The maximum absolute atomic E-state index is 11.9. The van der Waals surface area contributed by atoms with Gasteiger partial charge >= 0.3 is 5.97 Å². The molecule has 2 rings (SSSR count). The number of hydrogen-bond acceptors (Lipinski definition) is 4. The number of carbonyl (C=O) groups is 2. The van der Waals surface area contributed by atoms with Crippen molar-refractivity contribution in [2.75, 3.05) is 0 Å². The second-order valence-corrected chi connectivity index (χ2v) is 5.29. The quantitative estimate of drug-likeness (QED) is 0.684. The van der Waals surface area contributed by atoms with E-state index >= 15 is 0 Å². The Bertz CT molecular complexity index is 484. The standard InChI is InChI=1S/C14H17ClN2O3/c1-9(13(18)17-11-4-2-3-5-11)20-14(19)10-6-7-12(15)16-8-10/h6-9,11H,2-5H2,1H3,(H,17,18)/t9-/m1/s1. The summed E-state index contributed by atoms with van der Waals surface area (Å²) in [6.45, 7) is 1.56. The summed E-state index contributed by atoms with van der Waals surface area (Å²) < 4.78 is 5.11. The molecule has 0 bridgehead atoms. The van der Waals surface area contributed by atoms with Gasteiger partial charge in [0.15, 0.2) is 6.10 Å². The molecule has 1 aromatic heterocycles. The first-order valence-corrected chi connectivity index (χ1v) is 7.07. The molecule has 1 fully saturated rings. The zero-order valence-corrected chi connectivity index (χ0v) is 12.0. The molecule has 1 aliphatic carbocycles. The Labute approximate surface area is 122 Å². The van der Waals surface area contributed by atoms with Gasteiger partial charge in [0.25, 0.3) is 5.91 Å². The van der Waals surface area contributed by atoms with Crippen molar-refractivity contribution in [1.29, 1.82) is 0 Å². The molecule has 1 aromatic rings. The average Bonchev–Trinajstić information content (AvgIpc) is 2.92. The first-order chi connectivity index (χ1) is 9.56. The minimum absolute atomic E-state index is 0.209. The van der Waals surface area contributed by atoms with Gasteiger partial charge in [0, 0.05) is 12.2 Å². The Morgan fingerprint density at radius 1 is 1.40 bits per heavy atom. The monoisotopic (exact) mass is 296 g/mol. The fourth-order valence-electron chi connectivity index (χ4n) is 2.17. The van der Waals surface area contributed by atoms with Crippen LogP contribution in [0.3, 0.4) is 0 Å². The highest BCUT2D eigenvalue weighted by molar-refractivity contribution is 6.29. The molecule has 0 spiro atoms. The molecule has 0 saturated heterocycles. The van der Waals surface area contributed by atoms with E-state index in [1.807, 2.05) is 0 Å². The summed E-state index contributed by atoms with van der Waals surface area (Å²) in [5, 5.41) is 3.19. The minimum Gasteiger partial charge on any atom is -0.449 e. The molecule has 1 aliphatic rings. The molecular weight excluding hydrogens is 280 g/mol. The van der Waals surface area contributed by atoms with E-state index in [1.165, 1.54) is 18.3 Å². The number of hydrogen-bond donors (Lipinski definition) is 1. The van der Waals surface area contributed by atoms with Crippen LogP contribution in [0.4, 0.5) is 0 Å². The van der Waals surface area contributed by atoms with Crippen LogP contribution in [-0.2, 0) is 9.53 Å². The lowest BCUT2D eigenvalue weighted by molar-refractivity contribution is -0.129. The fraction of sp³-hybridized carbons (Fsp3) is 0.500. The van der Waals surface area contributed by atoms with Crippen molar-refractivity contribution in [3.8, 4) is 0 Å². The van der Waals surface area contributed by atoms with Gasteiger partial charge in [0.2, 0.25) is 0 Å². The van der Waals surface area contributed by atoms with E-state index < -0.39 is 12.1 Å². The largest absolute Gasteiger partial charge is 0.449 e. The van der Waals surface area contributed by atoms with Crippen LogP contribution in [0, 0.1) is 0 Å². The molecular formula is C14H17ClN2O3. The summed E-state index contributed by atoms with van der Waals surface area (Å²) in [5.41, 5.74) is 0.273. The molecule has 1 saturated carbocycles. The van der Waals surface area contributed by atoms with E-state index in [2.05, 4.69) is 10.3 Å². The molecule has 1 heterocycles. The number of aromatic nitrogens is 1. The van der Waals surface area contributed by atoms with Crippen LogP contribution < -0.4 is 5.32 Å². The molecule has 1 N–H and O–H groups in total. The lowest BCUT2D eigenvalue weighted by Gasteiger charge is -2.17. The number of esters is 1. The van der Waals surface area contributed by atoms with Gasteiger partial charge in [-0.15, -0.1) is 0 Å². The van der Waals surface area contributed by atoms with Crippen molar-refractivity contribution in [3.05, 3.63) is 29.0 Å². The van der Waals surface area contributed by atoms with Gasteiger partial charge in [-0.2, -0.15) is 0 Å². The van der Waals surface area contributed by atoms with Crippen LogP contribution in [0.2, 0.25) is 5.15 Å². The van der Waals surface area contributed by atoms with Crippen LogP contribution in [-0.4, -0.2) is 29.0 Å². The molecule has 6 heteroatoms. The Balaban J connectivity index is 1.86. The van der Waals surface area contributed by atoms with Gasteiger partial charge in [-0.3, -0.25) is 4.79 Å². The lowest BCUT2D eigenvalue weighted by atomic mass is 10.2. The number of pyridine rings is 1. The summed E-state index contributed by atoms with van der Waals surface area (Å²) in [6.07, 6.45) is 4.76. The molecule has 1 amide bonds. The summed E-state index contributed by atoms with van der Waals surface area (Å²) >= 11 is 5.64. The van der Waals surface area contributed by atoms with Gasteiger partial charge in [0.1, 0.15) is 5.15 Å². The van der Waals surface area contributed by atoms with Gasteiger partial charge < -0.3 is 10.1 Å². The van der Waals surface area contributed by atoms with Crippen molar-refractivity contribution < 1.29 is 14.3 Å². The van der Waals surface area contributed by atoms with Crippen molar-refractivity contribution >= 4 is 23.5 Å². The second kappa shape index (κ2) is 6.70. The minimum atomic E-state index is -0.821. The molecule has 1 atom stereocenters. The predicted octanol–water partition coefficient (Wildman–Crippen LogP) is 2.34. The van der Waals surface area contributed by atoms with Crippen molar-refractivity contribution in [2.24, 2.45) is 0 Å². The zero-order chi connectivity index (χ0) is 14.5. The molecule has 0 unspecified atom stereocenters. The van der Waals surface area contributed by atoms with Crippen molar-refractivity contribution in [2.45, 2.75) is 44.8 Å². The summed E-state index contributed by atoms with van der Waals surface area (Å²) in [5.74, 6) is -0.838. The summed E-state index contributed by atoms with van der Waals surface area (Å²) in [4.78, 5) is 27.5. The van der Waals surface area contributed by atoms with Crippen molar-refractivity contribution in [3.63, 3.8) is 0 Å². The molecule has 108 valence electrons. The Kier molecular flexibility index (Phi) is 4.95. The third-order valence-corrected chi connectivity index (χ3v) is 3.54. The van der Waals surface area contributed by atoms with E-state index in [-0.39, 0.29) is 17.5 Å². The lowest BCUT2D eigenvalue weighted by Crippen LogP contribution is -2.40. The third kappa shape index (κ3) is 3.93. The highest BCUT2D eigenvalue weighted by Gasteiger charge is 2.23. The predicted molar refractivity (Wildman–Crippen MR) is 74.5 cm³/mol. The smallest absolute Gasteiger partial charge is 0.340 e.